The Balaban J connectivity index is 0.0000137. The minimum Gasteiger partial charge on any atom is -1.00 e. The molecule has 0 aliphatic carbocycles. The standard InChI is InChI=1S/C36H73N.ClH/c1-3-5-7-9-11-13-15-17-19-21-23-25-27-29-31-36-32-34-37(35-36)33-30-28-26-24-22-20-18-16-14-12-10-8-6-4-2;/h36H,3-35H2,1-2H3;1H. The van der Waals surface area contributed by atoms with E-state index < -0.39 is 0 Å². The lowest BCUT2D eigenvalue weighted by Crippen LogP contribution is -3.10. The number of likely N-dealkylation sites (tertiary alicyclic amines) is 1. The maximum absolute atomic E-state index is 2.31. The van der Waals surface area contributed by atoms with E-state index in [1.165, 1.54) is 212 Å². The number of unbranched alkanes of at least 4 members (excludes halogenated alkanes) is 26. The summed E-state index contributed by atoms with van der Waals surface area (Å²) >= 11 is 0. The van der Waals surface area contributed by atoms with Crippen molar-refractivity contribution in [1.29, 1.82) is 0 Å². The molecule has 0 amide bonds. The van der Waals surface area contributed by atoms with Crippen LogP contribution in [0.25, 0.3) is 0 Å². The van der Waals surface area contributed by atoms with Crippen molar-refractivity contribution in [3.05, 3.63) is 0 Å². The summed E-state index contributed by atoms with van der Waals surface area (Å²) in [6, 6.07) is 0. The number of quaternary nitrogens is 1. The summed E-state index contributed by atoms with van der Waals surface area (Å²) in [6.07, 6.45) is 44.4. The minimum atomic E-state index is 0. The molecule has 0 aromatic carbocycles. The molecule has 2 heteroatoms. The molecule has 2 unspecified atom stereocenters. The average Bonchev–Trinajstić information content (AvgIpc) is 3.36. The van der Waals surface area contributed by atoms with Crippen molar-refractivity contribution in [3.8, 4) is 0 Å². The highest BCUT2D eigenvalue weighted by Gasteiger charge is 2.24. The van der Waals surface area contributed by atoms with Crippen molar-refractivity contribution >= 4 is 0 Å². The van der Waals surface area contributed by atoms with Crippen LogP contribution in [-0.4, -0.2) is 19.6 Å². The van der Waals surface area contributed by atoms with E-state index in [1.54, 1.807) is 0 Å². The molecular weight excluding hydrogens is 482 g/mol. The van der Waals surface area contributed by atoms with Gasteiger partial charge in [0.25, 0.3) is 0 Å². The van der Waals surface area contributed by atoms with Crippen LogP contribution in [0.3, 0.4) is 0 Å². The number of hydrogen-bond acceptors (Lipinski definition) is 0. The van der Waals surface area contributed by atoms with Crippen LogP contribution in [0.4, 0.5) is 0 Å². The molecule has 230 valence electrons. The molecule has 0 radical (unpaired) electrons. The van der Waals surface area contributed by atoms with E-state index in [0.29, 0.717) is 0 Å². The van der Waals surface area contributed by atoms with Crippen molar-refractivity contribution in [2.24, 2.45) is 5.92 Å². The predicted octanol–water partition coefficient (Wildman–Crippen LogP) is 8.25. The fourth-order valence-electron chi connectivity index (χ4n) is 6.69. The van der Waals surface area contributed by atoms with Crippen LogP contribution in [0.2, 0.25) is 0 Å². The molecule has 0 spiro atoms. The highest BCUT2D eigenvalue weighted by Crippen LogP contribution is 2.17. The van der Waals surface area contributed by atoms with Gasteiger partial charge in [-0.25, -0.2) is 0 Å². The van der Waals surface area contributed by atoms with E-state index in [0.717, 1.165) is 5.92 Å². The third-order valence-electron chi connectivity index (χ3n) is 9.33. The summed E-state index contributed by atoms with van der Waals surface area (Å²) in [5.41, 5.74) is 0. The molecule has 0 aromatic heterocycles. The Kier molecular flexibility index (Phi) is 32.0. The monoisotopic (exact) mass is 556 g/mol. The molecule has 1 aliphatic heterocycles. The van der Waals surface area contributed by atoms with Crippen molar-refractivity contribution in [2.75, 3.05) is 19.6 Å². The smallest absolute Gasteiger partial charge is 0.0801 e. The van der Waals surface area contributed by atoms with Crippen LogP contribution in [-0.2, 0) is 0 Å². The van der Waals surface area contributed by atoms with Gasteiger partial charge in [-0.15, -0.1) is 0 Å². The van der Waals surface area contributed by atoms with Gasteiger partial charge in [-0.2, -0.15) is 0 Å². The summed E-state index contributed by atoms with van der Waals surface area (Å²) in [5, 5.41) is 0. The third kappa shape index (κ3) is 26.5. The van der Waals surface area contributed by atoms with Crippen LogP contribution in [0, 0.1) is 5.92 Å². The molecule has 1 aliphatic rings. The molecule has 1 heterocycles. The van der Waals surface area contributed by atoms with Gasteiger partial charge in [0, 0.05) is 12.3 Å². The molecule has 0 saturated carbocycles. The Labute approximate surface area is 248 Å². The van der Waals surface area contributed by atoms with Gasteiger partial charge in [0.15, 0.2) is 0 Å². The van der Waals surface area contributed by atoms with Crippen molar-refractivity contribution < 1.29 is 17.3 Å². The van der Waals surface area contributed by atoms with Crippen LogP contribution in [0.5, 0.6) is 0 Å². The summed E-state index contributed by atoms with van der Waals surface area (Å²) in [4.78, 5) is 1.94. The second kappa shape index (κ2) is 31.8. The number of hydrogen-bond donors (Lipinski definition) is 1. The molecule has 1 rings (SSSR count). The minimum absolute atomic E-state index is 0. The van der Waals surface area contributed by atoms with Gasteiger partial charge in [0.1, 0.15) is 0 Å². The SMILES string of the molecule is CCCCCCCCCCCCCCCCC1CC[NH+](CCCCCCCCCCCCCCCC)C1.[Cl-]. The van der Waals surface area contributed by atoms with Gasteiger partial charge in [-0.1, -0.05) is 181 Å². The van der Waals surface area contributed by atoms with E-state index >= 15 is 0 Å². The van der Waals surface area contributed by atoms with Gasteiger partial charge >= 0.3 is 0 Å². The fraction of sp³-hybridized carbons (Fsp3) is 1.00. The zero-order valence-electron chi connectivity index (χ0n) is 26.8. The zero-order chi connectivity index (χ0) is 26.5. The molecule has 0 bridgehead atoms. The van der Waals surface area contributed by atoms with E-state index in [4.69, 9.17) is 0 Å². The van der Waals surface area contributed by atoms with Crippen LogP contribution in [0.1, 0.15) is 206 Å². The quantitative estimate of drug-likeness (QED) is 0.0851. The van der Waals surface area contributed by atoms with Crippen molar-refractivity contribution in [3.63, 3.8) is 0 Å². The zero-order valence-corrected chi connectivity index (χ0v) is 27.5. The molecule has 38 heavy (non-hydrogen) atoms. The molecule has 1 nitrogen and oxygen atoms in total. The largest absolute Gasteiger partial charge is 1.00 e. The molecule has 1 saturated heterocycles. The normalized spacial score (nSPS) is 17.2. The Hall–Kier alpha value is 0.250. The van der Waals surface area contributed by atoms with Crippen LogP contribution >= 0.6 is 0 Å². The van der Waals surface area contributed by atoms with Gasteiger partial charge in [-0.05, 0) is 19.3 Å². The molecule has 0 aromatic rings. The lowest BCUT2D eigenvalue weighted by molar-refractivity contribution is -0.889. The van der Waals surface area contributed by atoms with E-state index in [9.17, 15) is 0 Å². The Morgan fingerprint density at radius 2 is 0.737 bits per heavy atom. The Morgan fingerprint density at radius 3 is 1.11 bits per heavy atom. The van der Waals surface area contributed by atoms with Gasteiger partial charge < -0.3 is 17.3 Å². The van der Waals surface area contributed by atoms with Crippen LogP contribution in [0.15, 0.2) is 0 Å². The van der Waals surface area contributed by atoms with Gasteiger partial charge in [0.2, 0.25) is 0 Å². The van der Waals surface area contributed by atoms with E-state index in [2.05, 4.69) is 13.8 Å². The predicted molar refractivity (Wildman–Crippen MR) is 169 cm³/mol. The summed E-state index contributed by atoms with van der Waals surface area (Å²) in [6.45, 7) is 9.06. The first-order chi connectivity index (χ1) is 18.4. The molecule has 1 N–H and O–H groups in total. The average molecular weight is 556 g/mol. The van der Waals surface area contributed by atoms with Crippen molar-refractivity contribution in [2.45, 2.75) is 206 Å². The first-order valence-electron chi connectivity index (χ1n) is 18.2. The summed E-state index contributed by atoms with van der Waals surface area (Å²) in [5.74, 6) is 1.05. The first-order valence-corrected chi connectivity index (χ1v) is 18.2. The summed E-state index contributed by atoms with van der Waals surface area (Å²) < 4.78 is 0. The lowest BCUT2D eigenvalue weighted by Gasteiger charge is -2.13. The number of nitrogens with one attached hydrogen (secondary N) is 1. The number of halogens is 1. The topological polar surface area (TPSA) is 4.44 Å². The number of rotatable bonds is 30. The second-order valence-electron chi connectivity index (χ2n) is 13.1. The maximum atomic E-state index is 2.31. The first kappa shape index (κ1) is 38.2. The van der Waals surface area contributed by atoms with Crippen molar-refractivity contribution in [1.82, 2.24) is 0 Å². The highest BCUT2D eigenvalue weighted by molar-refractivity contribution is 4.63. The van der Waals surface area contributed by atoms with E-state index in [-0.39, 0.29) is 12.4 Å². The highest BCUT2D eigenvalue weighted by atomic mass is 35.5. The Morgan fingerprint density at radius 1 is 0.421 bits per heavy atom. The molecule has 2 atom stereocenters. The summed E-state index contributed by atoms with van der Waals surface area (Å²) in [7, 11) is 0. The maximum Gasteiger partial charge on any atom is 0.0801 e. The third-order valence-corrected chi connectivity index (χ3v) is 9.33. The molecular formula is C36H74ClN. The van der Waals surface area contributed by atoms with Gasteiger partial charge in [0.05, 0.1) is 19.6 Å². The van der Waals surface area contributed by atoms with E-state index in [1.807, 2.05) is 4.90 Å². The lowest BCUT2D eigenvalue weighted by atomic mass is 9.99. The van der Waals surface area contributed by atoms with Crippen LogP contribution < -0.4 is 17.3 Å². The fourth-order valence-corrected chi connectivity index (χ4v) is 6.69. The molecule has 1 fully saturated rings. The Bertz CT molecular complexity index is 388. The van der Waals surface area contributed by atoms with Gasteiger partial charge in [-0.3, -0.25) is 0 Å². The second-order valence-corrected chi connectivity index (χ2v) is 13.1.